The number of aromatic amines is 1. The number of nitrogens with zero attached hydrogens (tertiary/aromatic N) is 1. The molecule has 132 valence electrons. The summed E-state index contributed by atoms with van der Waals surface area (Å²) in [4.78, 5) is 30.1. The number of fused-ring (bicyclic) bond motifs is 1. The molecule has 0 radical (unpaired) electrons. The van der Waals surface area contributed by atoms with Crippen molar-refractivity contribution in [2.75, 3.05) is 6.61 Å². The van der Waals surface area contributed by atoms with Crippen molar-refractivity contribution >= 4 is 16.8 Å². The number of benzene rings is 1. The van der Waals surface area contributed by atoms with Crippen molar-refractivity contribution in [3.05, 3.63) is 40.2 Å². The van der Waals surface area contributed by atoms with Gasteiger partial charge in [-0.15, -0.1) is 0 Å². The van der Waals surface area contributed by atoms with Crippen LogP contribution >= 0.6 is 0 Å². The molecular formula is C20H24N2O3. The van der Waals surface area contributed by atoms with E-state index in [2.05, 4.69) is 4.98 Å². The topological polar surface area (TPSA) is 62.4 Å². The molecule has 4 rings (SSSR count). The van der Waals surface area contributed by atoms with E-state index in [1.165, 1.54) is 0 Å². The predicted octanol–water partition coefficient (Wildman–Crippen LogP) is 3.22. The number of carbonyl (C=O) groups excluding carboxylic acids is 1. The van der Waals surface area contributed by atoms with Gasteiger partial charge in [-0.25, -0.2) is 0 Å². The Hall–Kier alpha value is -2.30. The number of rotatable bonds is 6. The molecule has 1 N–H and O–H groups in total. The molecule has 25 heavy (non-hydrogen) atoms. The van der Waals surface area contributed by atoms with E-state index in [9.17, 15) is 9.59 Å². The van der Waals surface area contributed by atoms with Gasteiger partial charge < -0.3 is 14.6 Å². The molecule has 1 aromatic carbocycles. The Labute approximate surface area is 147 Å². The highest BCUT2D eigenvalue weighted by Crippen LogP contribution is 2.35. The van der Waals surface area contributed by atoms with Crippen molar-refractivity contribution in [3.8, 4) is 5.75 Å². The van der Waals surface area contributed by atoms with Crippen LogP contribution in [0.15, 0.2) is 29.1 Å². The molecule has 1 heterocycles. The fourth-order valence-electron chi connectivity index (χ4n) is 3.45. The lowest BCUT2D eigenvalue weighted by atomic mass is 9.84. The Kier molecular flexibility index (Phi) is 4.24. The monoisotopic (exact) mass is 340 g/mol. The van der Waals surface area contributed by atoms with Gasteiger partial charge in [0.2, 0.25) is 5.91 Å². The first-order valence-electron chi connectivity index (χ1n) is 9.25. The van der Waals surface area contributed by atoms with E-state index in [-0.39, 0.29) is 17.4 Å². The van der Waals surface area contributed by atoms with Crippen LogP contribution in [-0.4, -0.2) is 28.4 Å². The Bertz CT molecular complexity index is 850. The number of hydrogen-bond acceptors (Lipinski definition) is 3. The van der Waals surface area contributed by atoms with Crippen LogP contribution in [0.4, 0.5) is 0 Å². The first-order valence-corrected chi connectivity index (χ1v) is 9.25. The Morgan fingerprint density at radius 2 is 2.04 bits per heavy atom. The highest BCUT2D eigenvalue weighted by Gasteiger charge is 2.37. The van der Waals surface area contributed by atoms with Crippen LogP contribution in [-0.2, 0) is 11.3 Å². The van der Waals surface area contributed by atoms with Gasteiger partial charge in [0.25, 0.3) is 5.56 Å². The summed E-state index contributed by atoms with van der Waals surface area (Å²) in [6.45, 7) is 2.96. The normalized spacial score (nSPS) is 17.3. The molecule has 1 amide bonds. The summed E-state index contributed by atoms with van der Waals surface area (Å²) in [5, 5.41) is 0.937. The minimum Gasteiger partial charge on any atom is -0.494 e. The molecule has 2 aliphatic rings. The van der Waals surface area contributed by atoms with Crippen LogP contribution in [0.25, 0.3) is 10.9 Å². The maximum Gasteiger partial charge on any atom is 0.253 e. The van der Waals surface area contributed by atoms with Crippen LogP contribution in [0.1, 0.15) is 44.6 Å². The number of carbonyl (C=O) groups is 1. The van der Waals surface area contributed by atoms with E-state index in [4.69, 9.17) is 4.74 Å². The van der Waals surface area contributed by atoms with Gasteiger partial charge in [0.15, 0.2) is 0 Å². The van der Waals surface area contributed by atoms with E-state index in [1.807, 2.05) is 36.1 Å². The summed E-state index contributed by atoms with van der Waals surface area (Å²) in [6.07, 6.45) is 5.24. The summed E-state index contributed by atoms with van der Waals surface area (Å²) in [7, 11) is 0. The van der Waals surface area contributed by atoms with Gasteiger partial charge in [-0.2, -0.15) is 0 Å². The Morgan fingerprint density at radius 1 is 1.24 bits per heavy atom. The number of nitrogens with one attached hydrogen (secondary N) is 1. The van der Waals surface area contributed by atoms with Crippen LogP contribution in [0.2, 0.25) is 0 Å². The average Bonchev–Trinajstić information content (AvgIpc) is 3.36. The molecule has 2 saturated carbocycles. The second-order valence-corrected chi connectivity index (χ2v) is 7.13. The molecule has 2 aliphatic carbocycles. The second kappa shape index (κ2) is 6.54. The molecular weight excluding hydrogens is 316 g/mol. The second-order valence-electron chi connectivity index (χ2n) is 7.13. The zero-order valence-electron chi connectivity index (χ0n) is 14.6. The van der Waals surface area contributed by atoms with E-state index in [0.29, 0.717) is 24.8 Å². The van der Waals surface area contributed by atoms with Crippen molar-refractivity contribution < 1.29 is 9.53 Å². The maximum atomic E-state index is 12.7. The van der Waals surface area contributed by atoms with E-state index in [1.54, 1.807) is 0 Å². The van der Waals surface area contributed by atoms with Gasteiger partial charge in [-0.05, 0) is 56.9 Å². The van der Waals surface area contributed by atoms with Crippen molar-refractivity contribution in [1.29, 1.82) is 0 Å². The standard InChI is InChI=1S/C20H24N2O3/c1-2-25-17-8-9-18-14(11-17)10-15(19(23)21-18)12-22(16-6-7-16)20(24)13-4-3-5-13/h8-11,13,16H,2-7,12H2,1H3,(H,21,23). The Morgan fingerprint density at radius 3 is 2.68 bits per heavy atom. The number of pyridine rings is 1. The quantitative estimate of drug-likeness (QED) is 0.878. The third-order valence-corrected chi connectivity index (χ3v) is 5.27. The lowest BCUT2D eigenvalue weighted by molar-refractivity contribution is -0.139. The molecule has 2 fully saturated rings. The van der Waals surface area contributed by atoms with Crippen LogP contribution in [0, 0.1) is 5.92 Å². The largest absolute Gasteiger partial charge is 0.494 e. The molecule has 5 nitrogen and oxygen atoms in total. The average molecular weight is 340 g/mol. The van der Waals surface area contributed by atoms with E-state index >= 15 is 0 Å². The Balaban J connectivity index is 1.63. The third kappa shape index (κ3) is 3.28. The summed E-state index contributed by atoms with van der Waals surface area (Å²) < 4.78 is 5.55. The highest BCUT2D eigenvalue weighted by atomic mass is 16.5. The van der Waals surface area contributed by atoms with Gasteiger partial charge >= 0.3 is 0 Å². The van der Waals surface area contributed by atoms with E-state index in [0.717, 1.165) is 48.8 Å². The fourth-order valence-corrected chi connectivity index (χ4v) is 3.45. The molecule has 2 aromatic rings. The summed E-state index contributed by atoms with van der Waals surface area (Å²) in [5.41, 5.74) is 1.34. The number of ether oxygens (including phenoxy) is 1. The fraction of sp³-hybridized carbons (Fsp3) is 0.500. The van der Waals surface area contributed by atoms with Crippen molar-refractivity contribution in [1.82, 2.24) is 9.88 Å². The number of hydrogen-bond donors (Lipinski definition) is 1. The summed E-state index contributed by atoms with van der Waals surface area (Å²) in [6, 6.07) is 7.88. The third-order valence-electron chi connectivity index (χ3n) is 5.27. The molecule has 0 atom stereocenters. The molecule has 0 unspecified atom stereocenters. The first kappa shape index (κ1) is 16.2. The van der Waals surface area contributed by atoms with Crippen molar-refractivity contribution in [2.24, 2.45) is 5.92 Å². The molecule has 0 bridgehead atoms. The molecule has 5 heteroatoms. The zero-order chi connectivity index (χ0) is 17.4. The van der Waals surface area contributed by atoms with Crippen LogP contribution in [0.3, 0.4) is 0 Å². The van der Waals surface area contributed by atoms with Crippen molar-refractivity contribution in [3.63, 3.8) is 0 Å². The highest BCUT2D eigenvalue weighted by molar-refractivity contribution is 5.82. The van der Waals surface area contributed by atoms with Gasteiger partial charge in [-0.3, -0.25) is 9.59 Å². The van der Waals surface area contributed by atoms with Crippen LogP contribution in [0.5, 0.6) is 5.75 Å². The first-order chi connectivity index (χ1) is 12.2. The lowest BCUT2D eigenvalue weighted by Crippen LogP contribution is -2.40. The van der Waals surface area contributed by atoms with Crippen LogP contribution < -0.4 is 10.3 Å². The summed E-state index contributed by atoms with van der Waals surface area (Å²) in [5.74, 6) is 1.19. The molecule has 0 spiro atoms. The van der Waals surface area contributed by atoms with Crippen molar-refractivity contribution in [2.45, 2.75) is 51.6 Å². The number of amides is 1. The number of aromatic nitrogens is 1. The molecule has 0 aliphatic heterocycles. The number of H-pyrrole nitrogens is 1. The van der Waals surface area contributed by atoms with Gasteiger partial charge in [0, 0.05) is 28.4 Å². The molecule has 0 saturated heterocycles. The molecule has 1 aromatic heterocycles. The van der Waals surface area contributed by atoms with E-state index < -0.39 is 0 Å². The zero-order valence-corrected chi connectivity index (χ0v) is 14.6. The summed E-state index contributed by atoms with van der Waals surface area (Å²) >= 11 is 0. The smallest absolute Gasteiger partial charge is 0.253 e. The van der Waals surface area contributed by atoms with Gasteiger partial charge in [0.1, 0.15) is 5.75 Å². The maximum absolute atomic E-state index is 12.7. The van der Waals surface area contributed by atoms with Gasteiger partial charge in [-0.1, -0.05) is 6.42 Å². The predicted molar refractivity (Wildman–Crippen MR) is 96.7 cm³/mol. The SMILES string of the molecule is CCOc1ccc2[nH]c(=O)c(CN(C(=O)C3CCC3)C3CC3)cc2c1. The van der Waals surface area contributed by atoms with Gasteiger partial charge in [0.05, 0.1) is 13.2 Å². The lowest BCUT2D eigenvalue weighted by Gasteiger charge is -2.31. The minimum atomic E-state index is -0.108. The minimum absolute atomic E-state index is 0.108.